The van der Waals surface area contributed by atoms with E-state index in [-0.39, 0.29) is 0 Å². The average Bonchev–Trinajstić information content (AvgIpc) is 2.27. The maximum atomic E-state index is 3.45. The van der Waals surface area contributed by atoms with Crippen LogP contribution in [0.2, 0.25) is 0 Å². The van der Waals surface area contributed by atoms with Gasteiger partial charge in [-0.3, -0.25) is 0 Å². The lowest BCUT2D eigenvalue weighted by Crippen LogP contribution is -2.30. The van der Waals surface area contributed by atoms with E-state index in [0.717, 1.165) is 26.2 Å². The molecule has 0 unspecified atom stereocenters. The Balaban J connectivity index is 2.09. The molecule has 2 nitrogen and oxygen atoms in total. The summed E-state index contributed by atoms with van der Waals surface area (Å²) in [6, 6.07) is 6.75. The van der Waals surface area contributed by atoms with E-state index in [1.807, 2.05) is 0 Å². The van der Waals surface area contributed by atoms with Gasteiger partial charge in [-0.25, -0.2) is 0 Å². The molecule has 0 radical (unpaired) electrons. The highest BCUT2D eigenvalue weighted by Gasteiger charge is 2.16. The monoisotopic (exact) mass is 246 g/mol. The van der Waals surface area contributed by atoms with Crippen molar-refractivity contribution < 1.29 is 0 Å². The van der Waals surface area contributed by atoms with Crippen LogP contribution in [0.15, 0.2) is 18.2 Å². The lowest BCUT2D eigenvalue weighted by Gasteiger charge is -2.28. The summed E-state index contributed by atoms with van der Waals surface area (Å²) in [5.41, 5.74) is 4.95. The molecule has 0 aromatic heterocycles. The molecule has 0 fully saturated rings. The van der Waals surface area contributed by atoms with Gasteiger partial charge in [0, 0.05) is 19.6 Å². The second kappa shape index (κ2) is 5.41. The van der Waals surface area contributed by atoms with Gasteiger partial charge < -0.3 is 10.2 Å². The summed E-state index contributed by atoms with van der Waals surface area (Å²) in [6.45, 7) is 11.3. The number of nitrogens with zero attached hydrogens (tertiary/aromatic N) is 1. The van der Waals surface area contributed by atoms with E-state index in [0.29, 0.717) is 5.41 Å². The number of rotatable bonds is 3. The zero-order valence-corrected chi connectivity index (χ0v) is 12.2. The Labute approximate surface area is 111 Å². The van der Waals surface area contributed by atoms with Gasteiger partial charge >= 0.3 is 0 Å². The van der Waals surface area contributed by atoms with Crippen molar-refractivity contribution in [2.45, 2.75) is 40.3 Å². The zero-order chi connectivity index (χ0) is 13.2. The first kappa shape index (κ1) is 13.6. The summed E-state index contributed by atoms with van der Waals surface area (Å²) in [5.74, 6) is 0. The van der Waals surface area contributed by atoms with Gasteiger partial charge in [0.25, 0.3) is 0 Å². The van der Waals surface area contributed by atoms with Crippen LogP contribution in [0.3, 0.4) is 0 Å². The minimum atomic E-state index is 0.366. The van der Waals surface area contributed by atoms with Crippen molar-refractivity contribution in [3.63, 3.8) is 0 Å². The van der Waals surface area contributed by atoms with E-state index in [2.05, 4.69) is 56.2 Å². The van der Waals surface area contributed by atoms with Crippen LogP contribution in [-0.2, 0) is 19.5 Å². The molecule has 18 heavy (non-hydrogen) atoms. The van der Waals surface area contributed by atoms with E-state index < -0.39 is 0 Å². The van der Waals surface area contributed by atoms with Gasteiger partial charge in [-0.05, 0) is 42.1 Å². The van der Waals surface area contributed by atoms with Crippen LogP contribution in [0.25, 0.3) is 0 Å². The molecule has 1 aromatic carbocycles. The van der Waals surface area contributed by atoms with Crippen LogP contribution >= 0.6 is 0 Å². The predicted octanol–water partition coefficient (Wildman–Crippen LogP) is 2.81. The Hall–Kier alpha value is -0.860. The second-order valence-corrected chi connectivity index (χ2v) is 6.71. The van der Waals surface area contributed by atoms with Crippen LogP contribution in [-0.4, -0.2) is 25.0 Å². The summed E-state index contributed by atoms with van der Waals surface area (Å²) >= 11 is 0. The highest BCUT2D eigenvalue weighted by molar-refractivity contribution is 5.36. The molecule has 1 aliphatic rings. The summed E-state index contributed by atoms with van der Waals surface area (Å²) in [7, 11) is 2.23. The van der Waals surface area contributed by atoms with Gasteiger partial charge in [-0.1, -0.05) is 39.0 Å². The van der Waals surface area contributed by atoms with Gasteiger partial charge in [0.05, 0.1) is 0 Å². The number of hydrogen-bond acceptors (Lipinski definition) is 2. The highest BCUT2D eigenvalue weighted by Crippen LogP contribution is 2.21. The standard InChI is InChI=1S/C16H26N2/c1-16(2,3)12-18(4)11-14-7-5-6-13-10-17-9-8-15(13)14/h5-7,17H,8-12H2,1-4H3. The zero-order valence-electron chi connectivity index (χ0n) is 12.2. The van der Waals surface area contributed by atoms with E-state index in [9.17, 15) is 0 Å². The van der Waals surface area contributed by atoms with Gasteiger partial charge in [0.2, 0.25) is 0 Å². The lowest BCUT2D eigenvalue weighted by molar-refractivity contribution is 0.220. The quantitative estimate of drug-likeness (QED) is 0.882. The maximum absolute atomic E-state index is 3.45. The van der Waals surface area contributed by atoms with Crippen molar-refractivity contribution in [1.82, 2.24) is 10.2 Å². The van der Waals surface area contributed by atoms with Gasteiger partial charge in [0.1, 0.15) is 0 Å². The SMILES string of the molecule is CN(Cc1cccc2c1CCNC2)CC(C)(C)C. The van der Waals surface area contributed by atoms with E-state index in [1.165, 1.54) is 17.5 Å². The molecule has 0 spiro atoms. The molecule has 0 amide bonds. The van der Waals surface area contributed by atoms with Crippen LogP contribution in [0.5, 0.6) is 0 Å². The van der Waals surface area contributed by atoms with Crippen LogP contribution in [0.4, 0.5) is 0 Å². The first-order chi connectivity index (χ1) is 8.46. The number of benzene rings is 1. The largest absolute Gasteiger partial charge is 0.312 e. The first-order valence-corrected chi connectivity index (χ1v) is 6.95. The maximum Gasteiger partial charge on any atom is 0.0233 e. The fourth-order valence-electron chi connectivity index (χ4n) is 2.92. The van der Waals surface area contributed by atoms with Gasteiger partial charge in [0.15, 0.2) is 0 Å². The fourth-order valence-corrected chi connectivity index (χ4v) is 2.92. The van der Waals surface area contributed by atoms with E-state index >= 15 is 0 Å². The van der Waals surface area contributed by atoms with Crippen molar-refractivity contribution in [2.24, 2.45) is 5.41 Å². The third-order valence-electron chi connectivity index (χ3n) is 3.42. The van der Waals surface area contributed by atoms with E-state index in [4.69, 9.17) is 0 Å². The Bertz CT molecular complexity index is 404. The summed E-state index contributed by atoms with van der Waals surface area (Å²) in [5, 5.41) is 3.45. The molecule has 2 rings (SSSR count). The third-order valence-corrected chi connectivity index (χ3v) is 3.42. The molecule has 2 heteroatoms. The fraction of sp³-hybridized carbons (Fsp3) is 0.625. The van der Waals surface area contributed by atoms with Crippen LogP contribution in [0, 0.1) is 5.41 Å². The second-order valence-electron chi connectivity index (χ2n) is 6.71. The Morgan fingerprint density at radius 2 is 2.06 bits per heavy atom. The van der Waals surface area contributed by atoms with Crippen molar-refractivity contribution in [1.29, 1.82) is 0 Å². The third kappa shape index (κ3) is 3.56. The van der Waals surface area contributed by atoms with Crippen molar-refractivity contribution in [3.8, 4) is 0 Å². The molecule has 0 saturated carbocycles. The van der Waals surface area contributed by atoms with Crippen LogP contribution < -0.4 is 5.32 Å². The molecule has 100 valence electrons. The van der Waals surface area contributed by atoms with Gasteiger partial charge in [-0.2, -0.15) is 0 Å². The summed E-state index contributed by atoms with van der Waals surface area (Å²) in [6.07, 6.45) is 1.18. The smallest absolute Gasteiger partial charge is 0.0233 e. The first-order valence-electron chi connectivity index (χ1n) is 6.95. The molecule has 1 aromatic rings. The predicted molar refractivity (Wildman–Crippen MR) is 77.6 cm³/mol. The Morgan fingerprint density at radius 3 is 2.78 bits per heavy atom. The van der Waals surface area contributed by atoms with Crippen molar-refractivity contribution in [3.05, 3.63) is 34.9 Å². The number of hydrogen-bond donors (Lipinski definition) is 1. The molecule has 1 N–H and O–H groups in total. The normalized spacial score (nSPS) is 15.8. The molecule has 0 atom stereocenters. The molecule has 0 saturated heterocycles. The van der Waals surface area contributed by atoms with Gasteiger partial charge in [-0.15, -0.1) is 0 Å². The highest BCUT2D eigenvalue weighted by atomic mass is 15.1. The topological polar surface area (TPSA) is 15.3 Å². The van der Waals surface area contributed by atoms with Crippen molar-refractivity contribution >= 4 is 0 Å². The molecule has 0 bridgehead atoms. The lowest BCUT2D eigenvalue weighted by atomic mass is 9.93. The molecule has 0 aliphatic carbocycles. The Kier molecular flexibility index (Phi) is 4.08. The number of fused-ring (bicyclic) bond motifs is 1. The van der Waals surface area contributed by atoms with Crippen LogP contribution in [0.1, 0.15) is 37.5 Å². The molecular formula is C16H26N2. The van der Waals surface area contributed by atoms with Crippen molar-refractivity contribution in [2.75, 3.05) is 20.1 Å². The minimum Gasteiger partial charge on any atom is -0.312 e. The van der Waals surface area contributed by atoms with E-state index in [1.54, 1.807) is 5.56 Å². The molecule has 1 heterocycles. The molecular weight excluding hydrogens is 220 g/mol. The molecule has 1 aliphatic heterocycles. The average molecular weight is 246 g/mol. The number of nitrogens with one attached hydrogen (secondary N) is 1. The Morgan fingerprint density at radius 1 is 1.28 bits per heavy atom. The summed E-state index contributed by atoms with van der Waals surface area (Å²) < 4.78 is 0. The summed E-state index contributed by atoms with van der Waals surface area (Å²) in [4.78, 5) is 2.44. The minimum absolute atomic E-state index is 0.366.